The molecule has 1 aromatic carbocycles. The quantitative estimate of drug-likeness (QED) is 0.782. The molecule has 0 bridgehead atoms. The Kier molecular flexibility index (Phi) is 5.40. The third-order valence-corrected chi connectivity index (χ3v) is 4.70. The predicted octanol–water partition coefficient (Wildman–Crippen LogP) is 2.61. The van der Waals surface area contributed by atoms with Crippen LogP contribution in [0.5, 0.6) is 0 Å². The molecule has 2 heterocycles. The van der Waals surface area contributed by atoms with Crippen molar-refractivity contribution in [2.45, 2.75) is 6.04 Å². The minimum absolute atomic E-state index is 0.0687. The molecule has 3 rings (SSSR count). The van der Waals surface area contributed by atoms with Crippen LogP contribution in [0, 0.1) is 0 Å². The van der Waals surface area contributed by atoms with Crippen LogP contribution in [0.3, 0.4) is 0 Å². The van der Waals surface area contributed by atoms with Gasteiger partial charge in [0.25, 0.3) is 5.91 Å². The number of furan rings is 1. The van der Waals surface area contributed by atoms with E-state index in [1.807, 2.05) is 23.1 Å². The van der Waals surface area contributed by atoms with Crippen LogP contribution < -0.4 is 0 Å². The van der Waals surface area contributed by atoms with E-state index in [9.17, 15) is 9.59 Å². The molecule has 0 radical (unpaired) electrons. The van der Waals surface area contributed by atoms with Crippen molar-refractivity contribution in [2.75, 3.05) is 33.3 Å². The maximum atomic E-state index is 12.4. The van der Waals surface area contributed by atoms with Crippen molar-refractivity contribution in [3.8, 4) is 0 Å². The largest absolute Gasteiger partial charge is 0.472 e. The summed E-state index contributed by atoms with van der Waals surface area (Å²) < 4.78 is 9.95. The molecular weight excluding hydrogens is 344 g/mol. The highest BCUT2D eigenvalue weighted by atomic mass is 35.5. The zero-order chi connectivity index (χ0) is 17.8. The van der Waals surface area contributed by atoms with E-state index in [0.717, 1.165) is 0 Å². The Morgan fingerprint density at radius 2 is 1.88 bits per heavy atom. The monoisotopic (exact) mass is 362 g/mol. The third-order valence-electron chi connectivity index (χ3n) is 4.36. The van der Waals surface area contributed by atoms with Gasteiger partial charge in [-0.25, -0.2) is 4.79 Å². The van der Waals surface area contributed by atoms with Crippen LogP contribution in [-0.2, 0) is 9.53 Å². The molecule has 1 unspecified atom stereocenters. The molecule has 0 saturated carbocycles. The average Bonchev–Trinajstić information content (AvgIpc) is 3.18. The van der Waals surface area contributed by atoms with E-state index in [1.165, 1.54) is 19.6 Å². The smallest absolute Gasteiger partial charge is 0.327 e. The number of methoxy groups -OCH3 is 1. The topological polar surface area (TPSA) is 63.0 Å². The number of amides is 1. The van der Waals surface area contributed by atoms with Crippen molar-refractivity contribution in [3.63, 3.8) is 0 Å². The van der Waals surface area contributed by atoms with Crippen molar-refractivity contribution in [2.24, 2.45) is 0 Å². The molecule has 1 saturated heterocycles. The molecule has 0 spiro atoms. The van der Waals surface area contributed by atoms with Gasteiger partial charge >= 0.3 is 5.97 Å². The standard InChI is InChI=1S/C18H19ClN2O4/c1-24-18(23)16(14-4-2-3-5-15(14)19)20-7-9-21(10-8-20)17(22)13-6-11-25-12-13/h2-6,11-12,16H,7-10H2,1H3. The van der Waals surface area contributed by atoms with E-state index in [2.05, 4.69) is 0 Å². The van der Waals surface area contributed by atoms with Gasteiger partial charge in [-0.2, -0.15) is 0 Å². The Morgan fingerprint density at radius 3 is 2.48 bits per heavy atom. The van der Waals surface area contributed by atoms with Crippen molar-refractivity contribution < 1.29 is 18.7 Å². The number of hydrogen-bond acceptors (Lipinski definition) is 5. The second-order valence-electron chi connectivity index (χ2n) is 5.79. The molecule has 1 fully saturated rings. The van der Waals surface area contributed by atoms with Crippen LogP contribution in [0.15, 0.2) is 47.3 Å². The van der Waals surface area contributed by atoms with Gasteiger partial charge in [-0.1, -0.05) is 29.8 Å². The number of rotatable bonds is 4. The zero-order valence-corrected chi connectivity index (χ0v) is 14.6. The highest BCUT2D eigenvalue weighted by Gasteiger charge is 2.33. The highest BCUT2D eigenvalue weighted by molar-refractivity contribution is 6.31. The van der Waals surface area contributed by atoms with Gasteiger partial charge in [-0.05, 0) is 17.7 Å². The lowest BCUT2D eigenvalue weighted by atomic mass is 10.0. The van der Waals surface area contributed by atoms with E-state index in [4.69, 9.17) is 20.8 Å². The fourth-order valence-electron chi connectivity index (χ4n) is 3.03. The lowest BCUT2D eigenvalue weighted by Crippen LogP contribution is -2.51. The number of hydrogen-bond donors (Lipinski definition) is 0. The number of halogens is 1. The predicted molar refractivity (Wildman–Crippen MR) is 92.4 cm³/mol. The van der Waals surface area contributed by atoms with E-state index in [1.54, 1.807) is 17.0 Å². The lowest BCUT2D eigenvalue weighted by Gasteiger charge is -2.38. The van der Waals surface area contributed by atoms with Crippen LogP contribution in [0.25, 0.3) is 0 Å². The number of nitrogens with zero attached hydrogens (tertiary/aromatic N) is 2. The van der Waals surface area contributed by atoms with Crippen molar-refractivity contribution >= 4 is 23.5 Å². The Labute approximate surface area is 150 Å². The second kappa shape index (κ2) is 7.72. The van der Waals surface area contributed by atoms with Gasteiger partial charge in [-0.15, -0.1) is 0 Å². The van der Waals surface area contributed by atoms with E-state index >= 15 is 0 Å². The van der Waals surface area contributed by atoms with E-state index in [0.29, 0.717) is 42.3 Å². The number of carbonyl (C=O) groups is 2. The molecule has 7 heteroatoms. The molecule has 6 nitrogen and oxygen atoms in total. The molecule has 1 amide bonds. The number of piperazine rings is 1. The van der Waals surface area contributed by atoms with Crippen molar-refractivity contribution in [3.05, 3.63) is 59.0 Å². The molecular formula is C18H19ClN2O4. The summed E-state index contributed by atoms with van der Waals surface area (Å²) in [6.07, 6.45) is 2.92. The van der Waals surface area contributed by atoms with Crippen molar-refractivity contribution in [1.29, 1.82) is 0 Å². The first-order chi connectivity index (χ1) is 12.1. The molecule has 0 aliphatic carbocycles. The summed E-state index contributed by atoms with van der Waals surface area (Å²) in [6, 6.07) is 8.32. The second-order valence-corrected chi connectivity index (χ2v) is 6.19. The summed E-state index contributed by atoms with van der Waals surface area (Å²) in [5.41, 5.74) is 1.25. The minimum Gasteiger partial charge on any atom is -0.472 e. The van der Waals surface area contributed by atoms with E-state index < -0.39 is 6.04 Å². The van der Waals surface area contributed by atoms with Gasteiger partial charge in [0.2, 0.25) is 0 Å². The molecule has 0 N–H and O–H groups in total. The van der Waals surface area contributed by atoms with Gasteiger partial charge in [0.1, 0.15) is 12.3 Å². The molecule has 1 atom stereocenters. The first-order valence-corrected chi connectivity index (χ1v) is 8.37. The van der Waals surface area contributed by atoms with Crippen LogP contribution in [0.2, 0.25) is 5.02 Å². The molecule has 1 aromatic heterocycles. The Bertz CT molecular complexity index is 739. The number of benzene rings is 1. The van der Waals surface area contributed by atoms with Gasteiger partial charge in [0.15, 0.2) is 0 Å². The van der Waals surface area contributed by atoms with Gasteiger partial charge in [0, 0.05) is 31.2 Å². The van der Waals surface area contributed by atoms with Crippen LogP contribution in [0.1, 0.15) is 22.0 Å². The summed E-state index contributed by atoms with van der Waals surface area (Å²) in [6.45, 7) is 2.13. The van der Waals surface area contributed by atoms with E-state index in [-0.39, 0.29) is 11.9 Å². The molecule has 25 heavy (non-hydrogen) atoms. The lowest BCUT2D eigenvalue weighted by molar-refractivity contribution is -0.148. The number of ether oxygens (including phenoxy) is 1. The van der Waals surface area contributed by atoms with Crippen LogP contribution in [-0.4, -0.2) is 55.0 Å². The van der Waals surface area contributed by atoms with Gasteiger partial charge in [-0.3, -0.25) is 9.69 Å². The maximum Gasteiger partial charge on any atom is 0.327 e. The molecule has 132 valence electrons. The summed E-state index contributed by atoms with van der Waals surface area (Å²) in [5, 5.41) is 0.523. The normalized spacial score (nSPS) is 16.5. The Balaban J connectivity index is 1.73. The SMILES string of the molecule is COC(=O)C(c1ccccc1Cl)N1CCN(C(=O)c2ccoc2)CC1. The fraction of sp³-hybridized carbons (Fsp3) is 0.333. The molecule has 2 aromatic rings. The first-order valence-electron chi connectivity index (χ1n) is 7.99. The van der Waals surface area contributed by atoms with Crippen LogP contribution >= 0.6 is 11.6 Å². The highest BCUT2D eigenvalue weighted by Crippen LogP contribution is 2.29. The molecule has 1 aliphatic heterocycles. The fourth-order valence-corrected chi connectivity index (χ4v) is 3.27. The van der Waals surface area contributed by atoms with Gasteiger partial charge < -0.3 is 14.1 Å². The summed E-state index contributed by atoms with van der Waals surface area (Å²) >= 11 is 6.28. The summed E-state index contributed by atoms with van der Waals surface area (Å²) in [4.78, 5) is 28.5. The average molecular weight is 363 g/mol. The Hall–Kier alpha value is -2.31. The molecule has 1 aliphatic rings. The zero-order valence-electron chi connectivity index (χ0n) is 13.9. The Morgan fingerprint density at radius 1 is 1.16 bits per heavy atom. The van der Waals surface area contributed by atoms with Gasteiger partial charge in [0.05, 0.1) is 18.9 Å². The first kappa shape index (κ1) is 17.5. The summed E-state index contributed by atoms with van der Waals surface area (Å²) in [7, 11) is 1.37. The van der Waals surface area contributed by atoms with Crippen molar-refractivity contribution in [1.82, 2.24) is 9.80 Å². The number of carbonyl (C=O) groups excluding carboxylic acids is 2. The third kappa shape index (κ3) is 3.70. The minimum atomic E-state index is -0.579. The maximum absolute atomic E-state index is 12.4. The summed E-state index contributed by atoms with van der Waals surface area (Å²) in [5.74, 6) is -0.427. The van der Waals surface area contributed by atoms with Crippen LogP contribution in [0.4, 0.5) is 0 Å². The number of esters is 1.